The van der Waals surface area contributed by atoms with Crippen molar-refractivity contribution in [2.75, 3.05) is 18.5 Å². The zero-order valence-corrected chi connectivity index (χ0v) is 11.7. The number of thiophene rings is 1. The molecule has 0 aliphatic carbocycles. The highest BCUT2D eigenvalue weighted by Crippen LogP contribution is 2.17. The van der Waals surface area contributed by atoms with Gasteiger partial charge in [0, 0.05) is 24.2 Å². The maximum Gasteiger partial charge on any atom is 0.0640 e. The van der Waals surface area contributed by atoms with Crippen LogP contribution in [0.5, 0.6) is 0 Å². The third-order valence-electron chi connectivity index (χ3n) is 2.88. The molecule has 2 aromatic rings. The molecule has 0 saturated carbocycles. The normalized spacial score (nSPS) is 10.5. The van der Waals surface area contributed by atoms with Gasteiger partial charge in [-0.3, -0.25) is 0 Å². The quantitative estimate of drug-likeness (QED) is 0.809. The summed E-state index contributed by atoms with van der Waals surface area (Å²) in [7, 11) is 2.01. The summed E-state index contributed by atoms with van der Waals surface area (Å²) in [5.41, 5.74) is 2.33. The molecule has 2 nitrogen and oxygen atoms in total. The van der Waals surface area contributed by atoms with Gasteiger partial charge in [-0.25, -0.2) is 0 Å². The van der Waals surface area contributed by atoms with E-state index in [4.69, 9.17) is 5.26 Å². The largest absolute Gasteiger partial charge is 0.374 e. The minimum atomic E-state index is 0.552. The van der Waals surface area contributed by atoms with Gasteiger partial charge in [-0.05, 0) is 35.2 Å². The summed E-state index contributed by atoms with van der Waals surface area (Å²) >= 11 is 1.73. The van der Waals surface area contributed by atoms with Crippen molar-refractivity contribution >= 4 is 29.2 Å². The van der Waals surface area contributed by atoms with Crippen LogP contribution in [0.15, 0.2) is 41.8 Å². The van der Waals surface area contributed by atoms with Crippen LogP contribution < -0.4 is 4.90 Å². The van der Waals surface area contributed by atoms with E-state index in [0.29, 0.717) is 6.42 Å². The summed E-state index contributed by atoms with van der Waals surface area (Å²) in [6.07, 6.45) is 4.79. The van der Waals surface area contributed by atoms with Gasteiger partial charge in [0.2, 0.25) is 0 Å². The number of anilines is 1. The second-order valence-corrected chi connectivity index (χ2v) is 5.25. The Bertz CT molecular complexity index is 562. The number of rotatable bonds is 5. The Hall–Kier alpha value is -2.05. The van der Waals surface area contributed by atoms with Crippen LogP contribution in [-0.2, 0) is 0 Å². The van der Waals surface area contributed by atoms with E-state index in [2.05, 4.69) is 64.9 Å². The third kappa shape index (κ3) is 3.97. The first-order valence-electron chi connectivity index (χ1n) is 6.19. The average molecular weight is 268 g/mol. The molecule has 96 valence electrons. The molecule has 1 aromatic carbocycles. The standard InChI is InChI=1S/C16H16N2S/c1-18(12-3-11-17)15-8-5-14(6-9-15)7-10-16-4-2-13-19-16/h2,4-10,13H,3,12H2,1H3/b10-7+. The summed E-state index contributed by atoms with van der Waals surface area (Å²) in [5.74, 6) is 0. The highest BCUT2D eigenvalue weighted by atomic mass is 32.1. The Kier molecular flexibility index (Phi) is 4.77. The number of benzene rings is 1. The molecule has 0 N–H and O–H groups in total. The van der Waals surface area contributed by atoms with Crippen molar-refractivity contribution in [2.24, 2.45) is 0 Å². The van der Waals surface area contributed by atoms with E-state index in [9.17, 15) is 0 Å². The first-order chi connectivity index (χ1) is 9.29. The summed E-state index contributed by atoms with van der Waals surface area (Å²) in [5, 5.41) is 10.7. The van der Waals surface area contributed by atoms with Crippen LogP contribution in [0.3, 0.4) is 0 Å². The highest BCUT2D eigenvalue weighted by Gasteiger charge is 1.99. The van der Waals surface area contributed by atoms with E-state index in [1.165, 1.54) is 10.4 Å². The van der Waals surface area contributed by atoms with E-state index >= 15 is 0 Å². The van der Waals surface area contributed by atoms with Crippen LogP contribution >= 0.6 is 11.3 Å². The Morgan fingerprint density at radius 1 is 1.21 bits per heavy atom. The lowest BCUT2D eigenvalue weighted by molar-refractivity contribution is 0.905. The number of nitrogens with zero attached hydrogens (tertiary/aromatic N) is 2. The molecule has 19 heavy (non-hydrogen) atoms. The van der Waals surface area contributed by atoms with Crippen LogP contribution in [0.4, 0.5) is 5.69 Å². The fraction of sp³-hybridized carbons (Fsp3) is 0.188. The van der Waals surface area contributed by atoms with Crippen molar-refractivity contribution in [2.45, 2.75) is 6.42 Å². The van der Waals surface area contributed by atoms with Crippen molar-refractivity contribution in [3.8, 4) is 6.07 Å². The fourth-order valence-electron chi connectivity index (χ4n) is 1.75. The van der Waals surface area contributed by atoms with Crippen molar-refractivity contribution in [1.82, 2.24) is 0 Å². The first kappa shape index (κ1) is 13.4. The lowest BCUT2D eigenvalue weighted by Gasteiger charge is -2.17. The number of nitriles is 1. The van der Waals surface area contributed by atoms with Crippen LogP contribution in [-0.4, -0.2) is 13.6 Å². The van der Waals surface area contributed by atoms with E-state index in [-0.39, 0.29) is 0 Å². The topological polar surface area (TPSA) is 27.0 Å². The Balaban J connectivity index is 2.00. The molecule has 2 rings (SSSR count). The maximum atomic E-state index is 8.58. The van der Waals surface area contributed by atoms with Gasteiger partial charge in [0.1, 0.15) is 0 Å². The molecule has 0 unspecified atom stereocenters. The molecule has 0 amide bonds. The SMILES string of the molecule is CN(CCC#N)c1ccc(/C=C/c2cccs2)cc1. The summed E-state index contributed by atoms with van der Waals surface area (Å²) < 4.78 is 0. The fourth-order valence-corrected chi connectivity index (χ4v) is 2.37. The molecular formula is C16H16N2S. The molecule has 0 saturated heterocycles. The van der Waals surface area contributed by atoms with Crippen LogP contribution in [0, 0.1) is 11.3 Å². The van der Waals surface area contributed by atoms with E-state index in [1.54, 1.807) is 11.3 Å². The summed E-state index contributed by atoms with van der Waals surface area (Å²) in [6, 6.07) is 14.7. The molecule has 1 heterocycles. The van der Waals surface area contributed by atoms with Gasteiger partial charge in [-0.1, -0.05) is 24.3 Å². The highest BCUT2D eigenvalue weighted by molar-refractivity contribution is 7.10. The van der Waals surface area contributed by atoms with Crippen molar-refractivity contribution < 1.29 is 0 Å². The smallest absolute Gasteiger partial charge is 0.0640 e. The van der Waals surface area contributed by atoms with E-state index in [0.717, 1.165) is 12.2 Å². The Labute approximate surface area is 118 Å². The van der Waals surface area contributed by atoms with Gasteiger partial charge in [-0.2, -0.15) is 5.26 Å². The Morgan fingerprint density at radius 3 is 2.63 bits per heavy atom. The Morgan fingerprint density at radius 2 is 2.00 bits per heavy atom. The molecule has 0 atom stereocenters. The zero-order valence-electron chi connectivity index (χ0n) is 10.9. The van der Waals surface area contributed by atoms with E-state index < -0.39 is 0 Å². The van der Waals surface area contributed by atoms with Crippen molar-refractivity contribution in [3.05, 3.63) is 52.2 Å². The zero-order chi connectivity index (χ0) is 13.5. The average Bonchev–Trinajstić information content (AvgIpc) is 2.96. The predicted octanol–water partition coefficient (Wildman–Crippen LogP) is 4.27. The van der Waals surface area contributed by atoms with Crippen LogP contribution in [0.25, 0.3) is 12.2 Å². The van der Waals surface area contributed by atoms with Crippen LogP contribution in [0.1, 0.15) is 16.9 Å². The van der Waals surface area contributed by atoms with Gasteiger partial charge < -0.3 is 4.90 Å². The molecule has 0 aliphatic rings. The lowest BCUT2D eigenvalue weighted by atomic mass is 10.2. The molecule has 0 spiro atoms. The van der Waals surface area contributed by atoms with Gasteiger partial charge in [0.15, 0.2) is 0 Å². The van der Waals surface area contributed by atoms with E-state index in [1.807, 2.05) is 7.05 Å². The molecule has 0 fully saturated rings. The third-order valence-corrected chi connectivity index (χ3v) is 3.71. The molecule has 0 radical (unpaired) electrons. The van der Waals surface area contributed by atoms with Gasteiger partial charge in [-0.15, -0.1) is 11.3 Å². The van der Waals surface area contributed by atoms with Gasteiger partial charge in [0.25, 0.3) is 0 Å². The van der Waals surface area contributed by atoms with Crippen LogP contribution in [0.2, 0.25) is 0 Å². The summed E-state index contributed by atoms with van der Waals surface area (Å²) in [6.45, 7) is 0.765. The monoisotopic (exact) mass is 268 g/mol. The van der Waals surface area contributed by atoms with Crippen molar-refractivity contribution in [1.29, 1.82) is 5.26 Å². The lowest BCUT2D eigenvalue weighted by Crippen LogP contribution is -2.17. The second kappa shape index (κ2) is 6.77. The number of hydrogen-bond donors (Lipinski definition) is 0. The molecule has 1 aromatic heterocycles. The predicted molar refractivity (Wildman–Crippen MR) is 83.2 cm³/mol. The molecular weight excluding hydrogens is 252 g/mol. The maximum absolute atomic E-state index is 8.58. The van der Waals surface area contributed by atoms with Gasteiger partial charge >= 0.3 is 0 Å². The summed E-state index contributed by atoms with van der Waals surface area (Å²) in [4.78, 5) is 3.35. The molecule has 0 aliphatic heterocycles. The minimum Gasteiger partial charge on any atom is -0.374 e. The first-order valence-corrected chi connectivity index (χ1v) is 7.07. The molecule has 0 bridgehead atoms. The minimum absolute atomic E-state index is 0.552. The van der Waals surface area contributed by atoms with Gasteiger partial charge in [0.05, 0.1) is 12.5 Å². The van der Waals surface area contributed by atoms with Crippen molar-refractivity contribution in [3.63, 3.8) is 0 Å². The molecule has 3 heteroatoms. The number of hydrogen-bond acceptors (Lipinski definition) is 3. The second-order valence-electron chi connectivity index (χ2n) is 4.27.